The van der Waals surface area contributed by atoms with Crippen LogP contribution in [0.4, 0.5) is 5.69 Å². The van der Waals surface area contributed by atoms with Crippen molar-refractivity contribution >= 4 is 21.6 Å². The summed E-state index contributed by atoms with van der Waals surface area (Å²) in [6.45, 7) is 5.30. The lowest BCUT2D eigenvalue weighted by atomic mass is 10.1. The summed E-state index contributed by atoms with van der Waals surface area (Å²) in [5.74, 6) is 1.23. The second-order valence-electron chi connectivity index (χ2n) is 9.61. The van der Waals surface area contributed by atoms with E-state index in [1.807, 2.05) is 56.3 Å². The van der Waals surface area contributed by atoms with Gasteiger partial charge in [0.1, 0.15) is 24.7 Å². The van der Waals surface area contributed by atoms with Crippen molar-refractivity contribution in [3.63, 3.8) is 0 Å². The number of nitrogens with one attached hydrogen (secondary N) is 1. The van der Waals surface area contributed by atoms with E-state index in [4.69, 9.17) is 9.47 Å². The molecule has 0 aliphatic rings. The van der Waals surface area contributed by atoms with E-state index < -0.39 is 10.0 Å². The molecule has 0 aliphatic carbocycles. The molecule has 0 heterocycles. The molecule has 0 atom stereocenters. The molecule has 0 bridgehead atoms. The fourth-order valence-electron chi connectivity index (χ4n) is 4.17. The number of carbonyl (C=O) groups is 1. The number of anilines is 1. The predicted octanol–water partition coefficient (Wildman–Crippen LogP) is 5.66. The molecule has 1 N–H and O–H groups in total. The topological polar surface area (TPSA) is 84.9 Å². The van der Waals surface area contributed by atoms with Crippen molar-refractivity contribution in [1.82, 2.24) is 5.32 Å². The SMILES string of the molecule is Cc1ccc(OCCNC(=O)c2ccc(CN(c3ccc(OCc4ccccc4)cc3)S(C)(=O)=O)cc2)c(C)c1. The van der Waals surface area contributed by atoms with E-state index in [1.54, 1.807) is 48.5 Å². The highest BCUT2D eigenvalue weighted by atomic mass is 32.2. The molecule has 8 heteroatoms. The third-order valence-electron chi connectivity index (χ3n) is 6.29. The Morgan fingerprint density at radius 2 is 1.52 bits per heavy atom. The number of hydrogen-bond donors (Lipinski definition) is 1. The van der Waals surface area contributed by atoms with Crippen molar-refractivity contribution in [1.29, 1.82) is 0 Å². The molecular weight excluding hydrogens is 524 g/mol. The molecule has 0 fully saturated rings. The summed E-state index contributed by atoms with van der Waals surface area (Å²) < 4.78 is 38.1. The number of sulfonamides is 1. The number of aryl methyl sites for hydroxylation is 2. The Hall–Kier alpha value is -4.30. The van der Waals surface area contributed by atoms with Gasteiger partial charge in [0, 0.05) is 5.56 Å². The first-order valence-corrected chi connectivity index (χ1v) is 14.9. The van der Waals surface area contributed by atoms with Gasteiger partial charge in [0.25, 0.3) is 5.91 Å². The van der Waals surface area contributed by atoms with Crippen molar-refractivity contribution in [2.24, 2.45) is 0 Å². The van der Waals surface area contributed by atoms with E-state index in [9.17, 15) is 13.2 Å². The zero-order valence-corrected chi connectivity index (χ0v) is 23.8. The molecule has 0 unspecified atom stereocenters. The van der Waals surface area contributed by atoms with Gasteiger partial charge in [-0.2, -0.15) is 0 Å². The van der Waals surface area contributed by atoms with Gasteiger partial charge in [-0.05, 0) is 73.0 Å². The molecule has 0 aromatic heterocycles. The van der Waals surface area contributed by atoms with Gasteiger partial charge in [-0.1, -0.05) is 60.2 Å². The van der Waals surface area contributed by atoms with Crippen LogP contribution in [-0.4, -0.2) is 33.7 Å². The van der Waals surface area contributed by atoms with Gasteiger partial charge in [0.15, 0.2) is 0 Å². The van der Waals surface area contributed by atoms with E-state index in [2.05, 4.69) is 11.4 Å². The number of hydrogen-bond acceptors (Lipinski definition) is 5. The van der Waals surface area contributed by atoms with Crippen molar-refractivity contribution < 1.29 is 22.7 Å². The van der Waals surface area contributed by atoms with Crippen LogP contribution in [0.1, 0.15) is 32.6 Å². The minimum atomic E-state index is -3.55. The third-order valence-corrected chi connectivity index (χ3v) is 7.43. The molecule has 0 radical (unpaired) electrons. The van der Waals surface area contributed by atoms with Crippen LogP contribution < -0.4 is 19.1 Å². The van der Waals surface area contributed by atoms with Crippen molar-refractivity contribution in [2.45, 2.75) is 27.0 Å². The molecule has 7 nitrogen and oxygen atoms in total. The van der Waals surface area contributed by atoms with Gasteiger partial charge in [-0.25, -0.2) is 8.42 Å². The first-order valence-electron chi connectivity index (χ1n) is 13.0. The number of benzene rings is 4. The first kappa shape index (κ1) is 28.7. The van der Waals surface area contributed by atoms with Crippen LogP contribution in [0.2, 0.25) is 0 Å². The second-order valence-corrected chi connectivity index (χ2v) is 11.5. The summed E-state index contributed by atoms with van der Waals surface area (Å²) in [7, 11) is -3.55. The molecule has 4 rings (SSSR count). The Kier molecular flexibility index (Phi) is 9.45. The zero-order chi connectivity index (χ0) is 28.5. The predicted molar refractivity (Wildman–Crippen MR) is 158 cm³/mol. The lowest BCUT2D eigenvalue weighted by molar-refractivity contribution is 0.0947. The monoisotopic (exact) mass is 558 g/mol. The molecule has 40 heavy (non-hydrogen) atoms. The summed E-state index contributed by atoms with van der Waals surface area (Å²) in [4.78, 5) is 12.6. The van der Waals surface area contributed by atoms with Crippen LogP contribution in [-0.2, 0) is 23.2 Å². The fourth-order valence-corrected chi connectivity index (χ4v) is 5.05. The highest BCUT2D eigenvalue weighted by Gasteiger charge is 2.18. The maximum absolute atomic E-state index is 12.6. The number of rotatable bonds is 12. The van der Waals surface area contributed by atoms with E-state index >= 15 is 0 Å². The highest BCUT2D eigenvalue weighted by molar-refractivity contribution is 7.92. The number of carbonyl (C=O) groups excluding carboxylic acids is 1. The van der Waals surface area contributed by atoms with Gasteiger partial charge in [0.2, 0.25) is 10.0 Å². The first-order chi connectivity index (χ1) is 19.2. The quantitative estimate of drug-likeness (QED) is 0.227. The number of ether oxygens (including phenoxy) is 2. The van der Waals surface area contributed by atoms with Crippen LogP contribution in [0.15, 0.2) is 97.1 Å². The number of nitrogens with zero attached hydrogens (tertiary/aromatic N) is 1. The van der Waals surface area contributed by atoms with Gasteiger partial charge < -0.3 is 14.8 Å². The average Bonchev–Trinajstić information content (AvgIpc) is 2.94. The molecule has 4 aromatic rings. The second kappa shape index (κ2) is 13.2. The molecule has 1 amide bonds. The fraction of sp³-hybridized carbons (Fsp3) is 0.219. The Balaban J connectivity index is 1.32. The standard InChI is InChI=1S/C32H34N2O5S/c1-24-9-18-31(25(2)21-24)38-20-19-33-32(35)28-12-10-26(11-13-28)22-34(40(3,36)37)29-14-16-30(17-15-29)39-23-27-7-5-4-6-8-27/h4-18,21H,19-20,22-23H2,1-3H3,(H,33,35). The van der Waals surface area contributed by atoms with E-state index in [-0.39, 0.29) is 12.5 Å². The molecule has 4 aromatic carbocycles. The Bertz CT molecular complexity index is 1520. The molecule has 0 aliphatic heterocycles. The normalized spacial score (nSPS) is 11.1. The van der Waals surface area contributed by atoms with Crippen LogP contribution in [0.3, 0.4) is 0 Å². The van der Waals surface area contributed by atoms with Crippen LogP contribution in [0, 0.1) is 13.8 Å². The van der Waals surface area contributed by atoms with Crippen molar-refractivity contribution in [2.75, 3.05) is 23.7 Å². The van der Waals surface area contributed by atoms with Crippen molar-refractivity contribution in [3.05, 3.63) is 125 Å². The lowest BCUT2D eigenvalue weighted by Gasteiger charge is -2.23. The molecule has 0 saturated heterocycles. The third kappa shape index (κ3) is 8.10. The van der Waals surface area contributed by atoms with Crippen LogP contribution >= 0.6 is 0 Å². The Labute approximate surface area is 236 Å². The summed E-state index contributed by atoms with van der Waals surface area (Å²) in [5, 5.41) is 2.85. The van der Waals surface area contributed by atoms with Crippen molar-refractivity contribution in [3.8, 4) is 11.5 Å². The summed E-state index contributed by atoms with van der Waals surface area (Å²) >= 11 is 0. The summed E-state index contributed by atoms with van der Waals surface area (Å²) in [6.07, 6.45) is 1.18. The van der Waals surface area contributed by atoms with Gasteiger partial charge >= 0.3 is 0 Å². The molecule has 0 saturated carbocycles. The van der Waals surface area contributed by atoms with Crippen LogP contribution in [0.5, 0.6) is 11.5 Å². The van der Waals surface area contributed by atoms with Gasteiger partial charge in [-0.3, -0.25) is 9.10 Å². The van der Waals surface area contributed by atoms with E-state index in [1.165, 1.54) is 16.1 Å². The molecular formula is C32H34N2O5S. The molecule has 208 valence electrons. The minimum absolute atomic E-state index is 0.134. The smallest absolute Gasteiger partial charge is 0.251 e. The number of amides is 1. The van der Waals surface area contributed by atoms with Gasteiger partial charge in [-0.15, -0.1) is 0 Å². The van der Waals surface area contributed by atoms with Crippen LogP contribution in [0.25, 0.3) is 0 Å². The Morgan fingerprint density at radius 1 is 0.825 bits per heavy atom. The maximum Gasteiger partial charge on any atom is 0.251 e. The highest BCUT2D eigenvalue weighted by Crippen LogP contribution is 2.24. The van der Waals surface area contributed by atoms with E-state index in [0.717, 1.165) is 22.4 Å². The summed E-state index contributed by atoms with van der Waals surface area (Å²) in [5.41, 5.74) is 5.04. The minimum Gasteiger partial charge on any atom is -0.491 e. The zero-order valence-electron chi connectivity index (χ0n) is 23.0. The molecule has 0 spiro atoms. The Morgan fingerprint density at radius 3 is 2.17 bits per heavy atom. The van der Waals surface area contributed by atoms with E-state index in [0.29, 0.717) is 36.8 Å². The summed E-state index contributed by atoms with van der Waals surface area (Å²) in [6, 6.07) is 29.7. The largest absolute Gasteiger partial charge is 0.491 e. The lowest BCUT2D eigenvalue weighted by Crippen LogP contribution is -2.29. The average molecular weight is 559 g/mol. The maximum atomic E-state index is 12.6. The van der Waals surface area contributed by atoms with Gasteiger partial charge in [0.05, 0.1) is 25.0 Å².